The van der Waals surface area contributed by atoms with Gasteiger partial charge in [-0.2, -0.15) is 5.10 Å². The van der Waals surface area contributed by atoms with Crippen LogP contribution in [-0.2, 0) is 17.6 Å². The van der Waals surface area contributed by atoms with E-state index in [0.717, 1.165) is 43.5 Å². The van der Waals surface area contributed by atoms with Crippen molar-refractivity contribution in [2.75, 3.05) is 20.3 Å². The van der Waals surface area contributed by atoms with E-state index in [-0.39, 0.29) is 5.91 Å². The quantitative estimate of drug-likeness (QED) is 0.640. The summed E-state index contributed by atoms with van der Waals surface area (Å²) in [4.78, 5) is 22.3. The molecule has 0 radical (unpaired) electrons. The molecule has 1 saturated carbocycles. The molecule has 2 heterocycles. The summed E-state index contributed by atoms with van der Waals surface area (Å²) in [6, 6.07) is 8.45. The Hall–Kier alpha value is -3.06. The van der Waals surface area contributed by atoms with Crippen LogP contribution in [0.2, 0.25) is 0 Å². The van der Waals surface area contributed by atoms with E-state index in [4.69, 9.17) is 9.72 Å². The second-order valence-electron chi connectivity index (χ2n) is 7.93. The summed E-state index contributed by atoms with van der Waals surface area (Å²) in [5, 5.41) is 7.43. The third kappa shape index (κ3) is 3.50. The molecule has 5 rings (SSSR count). The Labute approximate surface area is 175 Å². The Morgan fingerprint density at radius 1 is 1.20 bits per heavy atom. The van der Waals surface area contributed by atoms with Crippen molar-refractivity contribution in [3.05, 3.63) is 59.0 Å². The number of nitrogens with zero attached hydrogens (tertiary/aromatic N) is 4. The SMILES string of the molecule is COCCNC(=O)c1cnn(-c2ncc3c(n2)-c2ccccc2CCC3)c1C1CC1. The summed E-state index contributed by atoms with van der Waals surface area (Å²) < 4.78 is 6.79. The molecule has 1 N–H and O–H groups in total. The van der Waals surface area contributed by atoms with Crippen LogP contribution in [0.5, 0.6) is 0 Å². The Kier molecular flexibility index (Phi) is 5.04. The molecule has 7 nitrogen and oxygen atoms in total. The topological polar surface area (TPSA) is 81.9 Å². The van der Waals surface area contributed by atoms with Crippen LogP contribution in [0.3, 0.4) is 0 Å². The van der Waals surface area contributed by atoms with Gasteiger partial charge in [-0.1, -0.05) is 24.3 Å². The van der Waals surface area contributed by atoms with Gasteiger partial charge in [-0.05, 0) is 43.2 Å². The van der Waals surface area contributed by atoms with E-state index in [9.17, 15) is 4.79 Å². The summed E-state index contributed by atoms with van der Waals surface area (Å²) in [5.74, 6) is 0.731. The van der Waals surface area contributed by atoms with E-state index in [2.05, 4.69) is 39.7 Å². The normalized spacial score (nSPS) is 15.2. The number of methoxy groups -OCH3 is 1. The molecule has 0 unspecified atom stereocenters. The second-order valence-corrected chi connectivity index (χ2v) is 7.93. The highest BCUT2D eigenvalue weighted by molar-refractivity contribution is 5.95. The molecule has 3 aromatic rings. The van der Waals surface area contributed by atoms with Crippen LogP contribution in [0, 0.1) is 0 Å². The minimum atomic E-state index is -0.125. The van der Waals surface area contributed by atoms with Gasteiger partial charge in [0, 0.05) is 31.3 Å². The molecular weight excluding hydrogens is 378 g/mol. The molecule has 1 aromatic carbocycles. The molecule has 0 saturated heterocycles. The van der Waals surface area contributed by atoms with Gasteiger partial charge in [0.25, 0.3) is 11.9 Å². The first-order valence-electron chi connectivity index (χ1n) is 10.6. The van der Waals surface area contributed by atoms with Crippen LogP contribution in [0.1, 0.15) is 52.4 Å². The number of hydrogen-bond acceptors (Lipinski definition) is 5. The Balaban J connectivity index is 1.55. The summed E-state index contributed by atoms with van der Waals surface area (Å²) in [5.41, 5.74) is 6.16. The summed E-state index contributed by atoms with van der Waals surface area (Å²) >= 11 is 0. The van der Waals surface area contributed by atoms with E-state index in [1.54, 1.807) is 18.0 Å². The second kappa shape index (κ2) is 7.99. The minimum absolute atomic E-state index is 0.125. The molecule has 0 spiro atoms. The smallest absolute Gasteiger partial charge is 0.254 e. The van der Waals surface area contributed by atoms with Crippen LogP contribution >= 0.6 is 0 Å². The number of fused-ring (bicyclic) bond motifs is 3. The van der Waals surface area contributed by atoms with Gasteiger partial charge in [0.1, 0.15) is 0 Å². The zero-order chi connectivity index (χ0) is 20.5. The number of nitrogens with one attached hydrogen (secondary N) is 1. The lowest BCUT2D eigenvalue weighted by Gasteiger charge is -2.12. The van der Waals surface area contributed by atoms with Crippen molar-refractivity contribution in [1.29, 1.82) is 0 Å². The Morgan fingerprint density at radius 3 is 2.87 bits per heavy atom. The standard InChI is InChI=1S/C23H25N5O2/c1-30-12-11-24-22(29)19-14-26-28(21(19)16-9-10-16)23-25-13-17-7-4-6-15-5-2-3-8-18(15)20(17)27-23/h2-3,5,8,13-14,16H,4,6-7,9-12H2,1H3,(H,24,29). The maximum absolute atomic E-state index is 12.7. The number of aryl methyl sites for hydroxylation is 2. The zero-order valence-electron chi connectivity index (χ0n) is 17.1. The highest BCUT2D eigenvalue weighted by Gasteiger charge is 2.33. The van der Waals surface area contributed by atoms with Crippen molar-refractivity contribution in [3.63, 3.8) is 0 Å². The maximum atomic E-state index is 12.7. The number of aromatic nitrogens is 4. The van der Waals surface area contributed by atoms with Gasteiger partial charge in [0.05, 0.1) is 29.8 Å². The van der Waals surface area contributed by atoms with Crippen molar-refractivity contribution in [2.24, 2.45) is 0 Å². The van der Waals surface area contributed by atoms with Gasteiger partial charge in [-0.25, -0.2) is 14.6 Å². The average molecular weight is 403 g/mol. The predicted octanol–water partition coefficient (Wildman–Crippen LogP) is 3.07. The zero-order valence-corrected chi connectivity index (χ0v) is 17.1. The molecule has 0 aliphatic heterocycles. The molecule has 154 valence electrons. The number of carbonyl (C=O) groups excluding carboxylic acids is 1. The van der Waals surface area contributed by atoms with Gasteiger partial charge in [0.15, 0.2) is 0 Å². The largest absolute Gasteiger partial charge is 0.383 e. The van der Waals surface area contributed by atoms with E-state index in [1.807, 2.05) is 6.20 Å². The molecule has 2 aliphatic carbocycles. The van der Waals surface area contributed by atoms with Crippen LogP contribution in [-0.4, -0.2) is 45.9 Å². The van der Waals surface area contributed by atoms with Crippen molar-refractivity contribution in [3.8, 4) is 17.2 Å². The fourth-order valence-corrected chi connectivity index (χ4v) is 4.16. The molecule has 0 atom stereocenters. The summed E-state index contributed by atoms with van der Waals surface area (Å²) in [6.45, 7) is 0.947. The van der Waals surface area contributed by atoms with Crippen molar-refractivity contribution >= 4 is 5.91 Å². The highest BCUT2D eigenvalue weighted by atomic mass is 16.5. The van der Waals surface area contributed by atoms with E-state index in [0.29, 0.717) is 30.6 Å². The molecule has 30 heavy (non-hydrogen) atoms. The van der Waals surface area contributed by atoms with Crippen molar-refractivity contribution < 1.29 is 9.53 Å². The Bertz CT molecular complexity index is 1090. The summed E-state index contributed by atoms with van der Waals surface area (Å²) in [6.07, 6.45) is 8.77. The molecule has 7 heteroatoms. The fourth-order valence-electron chi connectivity index (χ4n) is 4.16. The third-order valence-electron chi connectivity index (χ3n) is 5.81. The molecule has 2 aromatic heterocycles. The third-order valence-corrected chi connectivity index (χ3v) is 5.81. The lowest BCUT2D eigenvalue weighted by Crippen LogP contribution is -2.27. The predicted molar refractivity (Wildman–Crippen MR) is 113 cm³/mol. The van der Waals surface area contributed by atoms with Gasteiger partial charge in [-0.15, -0.1) is 0 Å². The van der Waals surface area contributed by atoms with E-state index in [1.165, 1.54) is 16.7 Å². The number of hydrogen-bond donors (Lipinski definition) is 1. The van der Waals surface area contributed by atoms with Gasteiger partial charge in [-0.3, -0.25) is 4.79 Å². The van der Waals surface area contributed by atoms with Crippen LogP contribution in [0.25, 0.3) is 17.2 Å². The highest BCUT2D eigenvalue weighted by Crippen LogP contribution is 2.42. The van der Waals surface area contributed by atoms with Crippen LogP contribution in [0.4, 0.5) is 0 Å². The monoisotopic (exact) mass is 403 g/mol. The fraction of sp³-hybridized carbons (Fsp3) is 0.391. The maximum Gasteiger partial charge on any atom is 0.254 e. The molecule has 0 bridgehead atoms. The number of rotatable bonds is 6. The average Bonchev–Trinajstić information content (AvgIpc) is 3.55. The van der Waals surface area contributed by atoms with E-state index < -0.39 is 0 Å². The van der Waals surface area contributed by atoms with Crippen LogP contribution < -0.4 is 5.32 Å². The number of ether oxygens (including phenoxy) is 1. The summed E-state index contributed by atoms with van der Waals surface area (Å²) in [7, 11) is 1.62. The number of benzene rings is 1. The first-order valence-corrected chi connectivity index (χ1v) is 10.6. The van der Waals surface area contributed by atoms with Gasteiger partial charge < -0.3 is 10.1 Å². The first kappa shape index (κ1) is 18.9. The first-order chi connectivity index (χ1) is 14.8. The number of carbonyl (C=O) groups is 1. The van der Waals surface area contributed by atoms with Crippen molar-refractivity contribution in [1.82, 2.24) is 25.1 Å². The van der Waals surface area contributed by atoms with Crippen LogP contribution in [0.15, 0.2) is 36.7 Å². The molecule has 1 amide bonds. The van der Waals surface area contributed by atoms with Gasteiger partial charge >= 0.3 is 0 Å². The molecule has 1 fully saturated rings. The number of amides is 1. The lowest BCUT2D eigenvalue weighted by molar-refractivity contribution is 0.0936. The molecule has 2 aliphatic rings. The van der Waals surface area contributed by atoms with Crippen molar-refractivity contribution in [2.45, 2.75) is 38.0 Å². The Morgan fingerprint density at radius 2 is 2.03 bits per heavy atom. The minimum Gasteiger partial charge on any atom is -0.383 e. The molecular formula is C23H25N5O2. The van der Waals surface area contributed by atoms with E-state index >= 15 is 0 Å². The lowest BCUT2D eigenvalue weighted by atomic mass is 10.0. The van der Waals surface area contributed by atoms with Gasteiger partial charge in [0.2, 0.25) is 0 Å².